The van der Waals surface area contributed by atoms with Gasteiger partial charge < -0.3 is 20.8 Å². The van der Waals surface area contributed by atoms with Crippen molar-refractivity contribution >= 4 is 46.9 Å². The molecule has 0 amide bonds. The predicted molar refractivity (Wildman–Crippen MR) is 152 cm³/mol. The summed E-state index contributed by atoms with van der Waals surface area (Å²) in [7, 11) is -0.323. The Balaban J connectivity index is 1.60. The molecule has 0 saturated carbocycles. The Bertz CT molecular complexity index is 992. The molecule has 9 nitrogen and oxygen atoms in total. The highest BCUT2D eigenvalue weighted by Crippen LogP contribution is 2.47. The van der Waals surface area contributed by atoms with E-state index < -0.39 is 30.6 Å². The Labute approximate surface area is 225 Å². The van der Waals surface area contributed by atoms with E-state index in [1.165, 1.54) is 11.8 Å². The number of hydrogen-bond acceptors (Lipinski definition) is 11. The summed E-state index contributed by atoms with van der Waals surface area (Å²) in [5.74, 6) is 1.32. The second-order valence-electron chi connectivity index (χ2n) is 9.19. The Morgan fingerprint density at radius 2 is 1.97 bits per heavy atom. The number of thioether (sulfide) groups is 1. The smallest absolute Gasteiger partial charge is 0.389 e. The van der Waals surface area contributed by atoms with Gasteiger partial charge in [0.05, 0.1) is 24.6 Å². The van der Waals surface area contributed by atoms with Crippen LogP contribution >= 0.6 is 41.1 Å². The summed E-state index contributed by atoms with van der Waals surface area (Å²) in [6, 6.07) is 9.54. The SMILES string of the molecule is C=C1N=C(N)C=CN1[C@@H]1S[C@H](COP(=O)(NCc2ccccc2)OCCSSC(C)(C)C)[C@@H](O)[C@@H]1O. The van der Waals surface area contributed by atoms with Crippen LogP contribution in [0.5, 0.6) is 0 Å². The van der Waals surface area contributed by atoms with Gasteiger partial charge in [0.15, 0.2) is 0 Å². The van der Waals surface area contributed by atoms with Crippen LogP contribution in [0.25, 0.3) is 0 Å². The molecule has 0 spiro atoms. The summed E-state index contributed by atoms with van der Waals surface area (Å²) < 4.78 is 25.2. The highest BCUT2D eigenvalue weighted by molar-refractivity contribution is 8.77. The molecule has 1 aromatic rings. The third-order valence-electron chi connectivity index (χ3n) is 5.04. The normalized spacial score (nSPS) is 26.2. The van der Waals surface area contributed by atoms with Gasteiger partial charge >= 0.3 is 7.75 Å². The first kappa shape index (κ1) is 29.6. The average molecular weight is 575 g/mol. The predicted octanol–water partition coefficient (Wildman–Crippen LogP) is 3.92. The van der Waals surface area contributed by atoms with Crippen LogP contribution in [0.2, 0.25) is 0 Å². The molecule has 3 rings (SSSR count). The minimum atomic E-state index is -3.70. The third-order valence-corrected chi connectivity index (χ3v) is 11.4. The van der Waals surface area contributed by atoms with Gasteiger partial charge in [-0.25, -0.2) is 14.6 Å². The number of benzene rings is 1. The third kappa shape index (κ3) is 8.82. The molecule has 13 heteroatoms. The van der Waals surface area contributed by atoms with E-state index in [2.05, 4.69) is 37.4 Å². The number of nitrogens with two attached hydrogens (primary N) is 1. The molecule has 5 N–H and O–H groups in total. The van der Waals surface area contributed by atoms with E-state index in [9.17, 15) is 14.8 Å². The average Bonchev–Trinajstić information content (AvgIpc) is 3.10. The maximum Gasteiger partial charge on any atom is 0.405 e. The van der Waals surface area contributed by atoms with E-state index in [0.717, 1.165) is 5.56 Å². The summed E-state index contributed by atoms with van der Waals surface area (Å²) in [6.45, 7) is 10.7. The lowest BCUT2D eigenvalue weighted by atomic mass is 10.1. The van der Waals surface area contributed by atoms with E-state index in [1.807, 2.05) is 30.3 Å². The number of hydrogen-bond donors (Lipinski definition) is 4. The van der Waals surface area contributed by atoms with Crippen LogP contribution in [0.15, 0.2) is 60.0 Å². The van der Waals surface area contributed by atoms with Gasteiger partial charge in [0.25, 0.3) is 0 Å². The number of rotatable bonds is 12. The van der Waals surface area contributed by atoms with Gasteiger partial charge in [0.2, 0.25) is 0 Å². The minimum absolute atomic E-state index is 0.0855. The molecule has 2 heterocycles. The van der Waals surface area contributed by atoms with Crippen molar-refractivity contribution in [2.24, 2.45) is 10.7 Å². The quantitative estimate of drug-likeness (QED) is 0.165. The number of aliphatic imine (C=N–C) groups is 1. The number of amidine groups is 1. The summed E-state index contributed by atoms with van der Waals surface area (Å²) in [5.41, 5.74) is 6.64. The fourth-order valence-electron chi connectivity index (χ4n) is 3.31. The highest BCUT2D eigenvalue weighted by atomic mass is 33.1. The molecule has 36 heavy (non-hydrogen) atoms. The van der Waals surface area contributed by atoms with Gasteiger partial charge in [-0.1, -0.05) is 79.3 Å². The molecular formula is C23H35N4O5PS3. The maximum absolute atomic E-state index is 13.6. The molecular weight excluding hydrogens is 539 g/mol. The Morgan fingerprint density at radius 1 is 1.25 bits per heavy atom. The summed E-state index contributed by atoms with van der Waals surface area (Å²) in [4.78, 5) is 5.77. The Morgan fingerprint density at radius 3 is 2.64 bits per heavy atom. The Hall–Kier alpha value is -0.950. The van der Waals surface area contributed by atoms with Gasteiger partial charge in [-0.15, -0.1) is 11.8 Å². The zero-order valence-electron chi connectivity index (χ0n) is 20.6. The molecule has 0 radical (unpaired) electrons. The van der Waals surface area contributed by atoms with Crippen molar-refractivity contribution in [1.82, 2.24) is 9.99 Å². The Kier molecular flexibility index (Phi) is 10.9. The van der Waals surface area contributed by atoms with Gasteiger partial charge in [0, 0.05) is 23.2 Å². The second kappa shape index (κ2) is 13.2. The first-order valence-electron chi connectivity index (χ1n) is 11.5. The molecule has 1 unspecified atom stereocenters. The first-order chi connectivity index (χ1) is 17.0. The fourth-order valence-corrected chi connectivity index (χ4v) is 8.43. The summed E-state index contributed by atoms with van der Waals surface area (Å²) >= 11 is 1.30. The molecule has 200 valence electrons. The molecule has 0 aromatic heterocycles. The standard InChI is InChI=1S/C23H35N4O5PS3/c1-16-26-19(24)10-11-27(16)22-21(29)20(28)18(35-22)15-32-33(30,25-14-17-8-6-5-7-9-17)31-12-13-34-36-23(2,3)4/h5-11,18,20-22,28-29H,1,12-15H2,2-4H3,(H2,24,26)(H,25,30)/t18-,20-,21+,22-,33?/m1/s1. The van der Waals surface area contributed by atoms with Gasteiger partial charge in [-0.2, -0.15) is 0 Å². The van der Waals surface area contributed by atoms with Crippen LogP contribution < -0.4 is 10.8 Å². The van der Waals surface area contributed by atoms with Crippen LogP contribution in [0.1, 0.15) is 26.3 Å². The minimum Gasteiger partial charge on any atom is -0.389 e. The molecule has 2 aliphatic rings. The number of nitrogens with zero attached hydrogens (tertiary/aromatic N) is 2. The van der Waals surface area contributed by atoms with Crippen LogP contribution in [-0.4, -0.2) is 67.5 Å². The molecule has 0 aliphatic carbocycles. The van der Waals surface area contributed by atoms with Gasteiger partial charge in [-0.05, 0) is 11.6 Å². The summed E-state index contributed by atoms with van der Waals surface area (Å²) in [5, 5.41) is 23.2. The van der Waals surface area contributed by atoms with E-state index in [4.69, 9.17) is 14.8 Å². The van der Waals surface area contributed by atoms with E-state index in [-0.39, 0.29) is 18.0 Å². The van der Waals surface area contributed by atoms with E-state index in [0.29, 0.717) is 24.0 Å². The van der Waals surface area contributed by atoms with E-state index >= 15 is 0 Å². The topological polar surface area (TPSA) is 130 Å². The van der Waals surface area contributed by atoms with Crippen molar-refractivity contribution < 1.29 is 23.8 Å². The second-order valence-corrected chi connectivity index (χ2v) is 15.6. The molecule has 1 aromatic carbocycles. The maximum atomic E-state index is 13.6. The van der Waals surface area contributed by atoms with Crippen LogP contribution in [0.3, 0.4) is 0 Å². The van der Waals surface area contributed by atoms with Crippen molar-refractivity contribution in [2.75, 3.05) is 19.0 Å². The molecule has 2 aliphatic heterocycles. The lowest BCUT2D eigenvalue weighted by molar-refractivity contribution is 0.00536. The van der Waals surface area contributed by atoms with Crippen LogP contribution in [0, 0.1) is 0 Å². The summed E-state index contributed by atoms with van der Waals surface area (Å²) in [6.07, 6.45) is 1.07. The van der Waals surface area contributed by atoms with Crippen molar-refractivity contribution in [3.63, 3.8) is 0 Å². The highest BCUT2D eigenvalue weighted by Gasteiger charge is 2.46. The fraction of sp³-hybridized carbons (Fsp3) is 0.522. The van der Waals surface area contributed by atoms with Crippen LogP contribution in [0.4, 0.5) is 0 Å². The largest absolute Gasteiger partial charge is 0.405 e. The number of aliphatic hydroxyl groups excluding tert-OH is 2. The first-order valence-corrected chi connectivity index (χ1v) is 16.3. The zero-order chi connectivity index (χ0) is 26.3. The lowest BCUT2D eigenvalue weighted by Crippen LogP contribution is -2.41. The zero-order valence-corrected chi connectivity index (χ0v) is 24.0. The van der Waals surface area contributed by atoms with Gasteiger partial charge in [0.1, 0.15) is 23.1 Å². The molecule has 1 fully saturated rings. The molecule has 1 saturated heterocycles. The lowest BCUT2D eigenvalue weighted by Gasteiger charge is -2.30. The van der Waals surface area contributed by atoms with E-state index in [1.54, 1.807) is 38.8 Å². The molecule has 5 atom stereocenters. The number of nitrogens with one attached hydrogen (secondary N) is 1. The van der Waals surface area contributed by atoms with Crippen molar-refractivity contribution in [2.45, 2.75) is 54.9 Å². The van der Waals surface area contributed by atoms with Crippen molar-refractivity contribution in [1.29, 1.82) is 0 Å². The number of aliphatic hydroxyl groups is 2. The molecule has 0 bridgehead atoms. The monoisotopic (exact) mass is 574 g/mol. The van der Waals surface area contributed by atoms with Crippen molar-refractivity contribution in [3.05, 3.63) is 60.6 Å². The van der Waals surface area contributed by atoms with Crippen LogP contribution in [-0.2, 0) is 20.2 Å². The van der Waals surface area contributed by atoms with Gasteiger partial charge in [-0.3, -0.25) is 9.05 Å². The van der Waals surface area contributed by atoms with Crippen molar-refractivity contribution in [3.8, 4) is 0 Å².